The van der Waals surface area contributed by atoms with Crippen LogP contribution in [0.15, 0.2) is 24.4 Å². The number of rotatable bonds is 1. The number of fused-ring (bicyclic) bond motifs is 1. The monoisotopic (exact) mass is 240 g/mol. The molecule has 1 aromatic carbocycles. The Kier molecular flexibility index (Phi) is 2.72. The zero-order valence-electron chi connectivity index (χ0n) is 8.46. The van der Waals surface area contributed by atoms with Crippen LogP contribution in [0.3, 0.4) is 0 Å². The largest absolute Gasteiger partial charge is 0.378 e. The number of anilines is 1. The predicted molar refractivity (Wildman–Crippen MR) is 66.1 cm³/mol. The van der Waals surface area contributed by atoms with Gasteiger partial charge in [0.25, 0.3) is 0 Å². The molecule has 0 aliphatic heterocycles. The molecule has 1 aromatic heterocycles. The van der Waals surface area contributed by atoms with E-state index in [0.717, 1.165) is 16.6 Å². The Bertz CT molecular complexity index is 509. The summed E-state index contributed by atoms with van der Waals surface area (Å²) in [5.74, 6) is 0. The van der Waals surface area contributed by atoms with Crippen LogP contribution in [0.1, 0.15) is 0 Å². The number of aromatic nitrogens is 1. The fourth-order valence-corrected chi connectivity index (χ4v) is 1.75. The molecule has 0 saturated carbocycles. The third-order valence-corrected chi connectivity index (χ3v) is 3.05. The van der Waals surface area contributed by atoms with Crippen molar-refractivity contribution < 1.29 is 0 Å². The first-order chi connectivity index (χ1) is 7.09. The van der Waals surface area contributed by atoms with Crippen LogP contribution >= 0.6 is 23.2 Å². The van der Waals surface area contributed by atoms with Gasteiger partial charge in [0.1, 0.15) is 0 Å². The van der Waals surface area contributed by atoms with E-state index in [1.807, 2.05) is 37.2 Å². The molecule has 0 spiro atoms. The molecule has 0 saturated heterocycles. The molecule has 2 aromatic rings. The van der Waals surface area contributed by atoms with E-state index in [1.165, 1.54) is 0 Å². The summed E-state index contributed by atoms with van der Waals surface area (Å²) in [6.07, 6.45) is 1.57. The van der Waals surface area contributed by atoms with E-state index in [2.05, 4.69) is 4.98 Å². The molecular formula is C11H10Cl2N2. The summed E-state index contributed by atoms with van der Waals surface area (Å²) < 4.78 is 0. The molecule has 78 valence electrons. The maximum absolute atomic E-state index is 6.11. The summed E-state index contributed by atoms with van der Waals surface area (Å²) in [4.78, 5) is 6.22. The molecule has 2 nitrogen and oxygen atoms in total. The zero-order chi connectivity index (χ0) is 11.0. The second-order valence-electron chi connectivity index (χ2n) is 3.52. The highest BCUT2D eigenvalue weighted by Gasteiger charge is 2.06. The minimum absolute atomic E-state index is 0.486. The lowest BCUT2D eigenvalue weighted by Crippen LogP contribution is -2.08. The van der Waals surface area contributed by atoms with Crippen LogP contribution in [0.4, 0.5) is 5.69 Å². The Morgan fingerprint density at radius 3 is 2.60 bits per heavy atom. The first kappa shape index (κ1) is 10.5. The summed E-state index contributed by atoms with van der Waals surface area (Å²) in [5, 5.41) is 1.93. The summed E-state index contributed by atoms with van der Waals surface area (Å²) in [5.41, 5.74) is 1.93. The van der Waals surface area contributed by atoms with Gasteiger partial charge in [0.15, 0.2) is 0 Å². The molecule has 0 unspecified atom stereocenters. The fraction of sp³-hybridized carbons (Fsp3) is 0.182. The van der Waals surface area contributed by atoms with Gasteiger partial charge < -0.3 is 4.90 Å². The molecule has 0 bridgehead atoms. The van der Waals surface area contributed by atoms with Gasteiger partial charge in [-0.3, -0.25) is 4.98 Å². The minimum atomic E-state index is 0.486. The van der Waals surface area contributed by atoms with Gasteiger partial charge in [0.05, 0.1) is 15.6 Å². The third-order valence-electron chi connectivity index (χ3n) is 2.26. The van der Waals surface area contributed by atoms with Crippen molar-refractivity contribution in [2.75, 3.05) is 19.0 Å². The quantitative estimate of drug-likeness (QED) is 0.758. The molecule has 0 aliphatic carbocycles. The molecule has 0 aliphatic rings. The second kappa shape index (κ2) is 3.87. The molecule has 0 atom stereocenters. The molecule has 2 rings (SSSR count). The third kappa shape index (κ3) is 1.87. The van der Waals surface area contributed by atoms with E-state index in [9.17, 15) is 0 Å². The van der Waals surface area contributed by atoms with Gasteiger partial charge in [0.2, 0.25) is 0 Å². The van der Waals surface area contributed by atoms with Gasteiger partial charge in [-0.15, -0.1) is 0 Å². The van der Waals surface area contributed by atoms with E-state index >= 15 is 0 Å². The van der Waals surface area contributed by atoms with Crippen LogP contribution in [0.2, 0.25) is 10.0 Å². The van der Waals surface area contributed by atoms with Crippen molar-refractivity contribution >= 4 is 39.8 Å². The van der Waals surface area contributed by atoms with Gasteiger partial charge in [0, 0.05) is 31.4 Å². The number of pyridine rings is 1. The molecular weight excluding hydrogens is 231 g/mol. The van der Waals surface area contributed by atoms with Crippen LogP contribution in [-0.2, 0) is 0 Å². The van der Waals surface area contributed by atoms with Gasteiger partial charge in [-0.1, -0.05) is 23.2 Å². The first-order valence-electron chi connectivity index (χ1n) is 4.50. The Hall–Kier alpha value is -0.990. The lowest BCUT2D eigenvalue weighted by molar-refractivity contribution is 1.13. The highest BCUT2D eigenvalue weighted by Crippen LogP contribution is 2.31. The molecule has 1 heterocycles. The van der Waals surface area contributed by atoms with Crippen molar-refractivity contribution in [3.63, 3.8) is 0 Å². The smallest absolute Gasteiger partial charge is 0.0782 e. The highest BCUT2D eigenvalue weighted by atomic mass is 35.5. The van der Waals surface area contributed by atoms with E-state index in [0.29, 0.717) is 10.0 Å². The first-order valence-corrected chi connectivity index (χ1v) is 5.26. The Morgan fingerprint density at radius 2 is 1.93 bits per heavy atom. The second-order valence-corrected chi connectivity index (χ2v) is 4.30. The summed E-state index contributed by atoms with van der Waals surface area (Å²) in [6.45, 7) is 0. The lowest BCUT2D eigenvalue weighted by Gasteiger charge is -2.13. The predicted octanol–water partition coefficient (Wildman–Crippen LogP) is 3.61. The van der Waals surface area contributed by atoms with Gasteiger partial charge >= 0.3 is 0 Å². The van der Waals surface area contributed by atoms with Crippen LogP contribution in [0, 0.1) is 0 Å². The van der Waals surface area contributed by atoms with Gasteiger partial charge in [-0.05, 0) is 18.2 Å². The van der Waals surface area contributed by atoms with E-state index in [4.69, 9.17) is 23.2 Å². The highest BCUT2D eigenvalue weighted by molar-refractivity contribution is 6.45. The van der Waals surface area contributed by atoms with Crippen LogP contribution in [0.25, 0.3) is 10.9 Å². The van der Waals surface area contributed by atoms with Crippen molar-refractivity contribution in [2.45, 2.75) is 0 Å². The zero-order valence-corrected chi connectivity index (χ0v) is 9.97. The van der Waals surface area contributed by atoms with Crippen LogP contribution in [-0.4, -0.2) is 19.1 Å². The van der Waals surface area contributed by atoms with Crippen molar-refractivity contribution in [3.05, 3.63) is 34.4 Å². The number of halogens is 2. The Morgan fingerprint density at radius 1 is 1.20 bits per heavy atom. The summed E-state index contributed by atoms with van der Waals surface area (Å²) in [6, 6.07) is 5.92. The number of benzene rings is 1. The fourth-order valence-electron chi connectivity index (χ4n) is 1.40. The van der Waals surface area contributed by atoms with Gasteiger partial charge in [-0.2, -0.15) is 0 Å². The summed E-state index contributed by atoms with van der Waals surface area (Å²) >= 11 is 12.0. The van der Waals surface area contributed by atoms with Crippen molar-refractivity contribution in [1.82, 2.24) is 4.98 Å². The molecule has 15 heavy (non-hydrogen) atoms. The van der Waals surface area contributed by atoms with E-state index in [-0.39, 0.29) is 0 Å². The number of nitrogens with zero attached hydrogens (tertiary/aromatic N) is 2. The minimum Gasteiger partial charge on any atom is -0.378 e. The standard InChI is InChI=1S/C11H10Cl2N2/c1-15(2)7-3-4-10-8(5-7)11(13)9(12)6-14-10/h3-6H,1-2H3. The maximum Gasteiger partial charge on any atom is 0.0782 e. The van der Waals surface area contributed by atoms with E-state index < -0.39 is 0 Å². The summed E-state index contributed by atoms with van der Waals surface area (Å²) in [7, 11) is 3.96. The molecule has 0 amide bonds. The molecule has 0 radical (unpaired) electrons. The maximum atomic E-state index is 6.11. The lowest BCUT2D eigenvalue weighted by atomic mass is 10.2. The Balaban J connectivity index is 2.73. The number of hydrogen-bond acceptors (Lipinski definition) is 2. The Labute approximate surface area is 98.4 Å². The molecule has 0 N–H and O–H groups in total. The van der Waals surface area contributed by atoms with Crippen molar-refractivity contribution in [3.8, 4) is 0 Å². The topological polar surface area (TPSA) is 16.1 Å². The average molecular weight is 241 g/mol. The van der Waals surface area contributed by atoms with Crippen LogP contribution in [0.5, 0.6) is 0 Å². The molecule has 0 fully saturated rings. The van der Waals surface area contributed by atoms with E-state index in [1.54, 1.807) is 6.20 Å². The average Bonchev–Trinajstić information content (AvgIpc) is 2.23. The SMILES string of the molecule is CN(C)c1ccc2ncc(Cl)c(Cl)c2c1. The van der Waals surface area contributed by atoms with Crippen molar-refractivity contribution in [2.24, 2.45) is 0 Å². The van der Waals surface area contributed by atoms with Crippen LogP contribution < -0.4 is 4.90 Å². The van der Waals surface area contributed by atoms with Crippen molar-refractivity contribution in [1.29, 1.82) is 0 Å². The number of hydrogen-bond donors (Lipinski definition) is 0. The van der Waals surface area contributed by atoms with Gasteiger partial charge in [-0.25, -0.2) is 0 Å². The normalized spacial score (nSPS) is 10.7. The molecule has 4 heteroatoms.